The molecule has 13 heavy (non-hydrogen) atoms. The van der Waals surface area contributed by atoms with Crippen LogP contribution in [0.25, 0.3) is 0 Å². The summed E-state index contributed by atoms with van der Waals surface area (Å²) in [6.07, 6.45) is 0.488. The lowest BCUT2D eigenvalue weighted by molar-refractivity contribution is -0.295. The van der Waals surface area contributed by atoms with Crippen molar-refractivity contribution < 1.29 is 9.47 Å². The average molecular weight is 183 g/mol. The maximum atomic E-state index is 8.79. The maximum absolute atomic E-state index is 8.79. The van der Waals surface area contributed by atoms with Crippen LogP contribution in [-0.2, 0) is 9.47 Å². The molecule has 1 heterocycles. The minimum Gasteiger partial charge on any atom is -0.347 e. The van der Waals surface area contributed by atoms with Gasteiger partial charge >= 0.3 is 0 Å². The molecule has 0 spiro atoms. The Morgan fingerprint density at radius 3 is 2.46 bits per heavy atom. The molecule has 1 fully saturated rings. The third kappa shape index (κ3) is 2.68. The molecule has 1 aliphatic rings. The van der Waals surface area contributed by atoms with Gasteiger partial charge in [0.2, 0.25) is 0 Å². The molecule has 0 aliphatic carbocycles. The standard InChI is InChI=1S/C10H17NO2/c1-7(2)9-5-8(6-11)12-10(3,4)13-9/h7-9H,5H2,1-4H3/t8?,9-/m1/s1. The van der Waals surface area contributed by atoms with Gasteiger partial charge in [0.1, 0.15) is 6.10 Å². The number of hydrogen-bond acceptors (Lipinski definition) is 3. The second kappa shape index (κ2) is 3.65. The first-order valence-electron chi connectivity index (χ1n) is 4.70. The molecule has 0 aromatic rings. The lowest BCUT2D eigenvalue weighted by atomic mass is 9.99. The minimum atomic E-state index is -0.617. The Bertz CT molecular complexity index is 217. The van der Waals surface area contributed by atoms with Gasteiger partial charge in [-0.3, -0.25) is 0 Å². The summed E-state index contributed by atoms with van der Waals surface area (Å²) in [5.41, 5.74) is 0. The number of rotatable bonds is 1. The van der Waals surface area contributed by atoms with Crippen LogP contribution in [-0.4, -0.2) is 18.0 Å². The van der Waals surface area contributed by atoms with Crippen molar-refractivity contribution in [1.29, 1.82) is 5.26 Å². The molecule has 0 saturated carbocycles. The summed E-state index contributed by atoms with van der Waals surface area (Å²) < 4.78 is 11.1. The van der Waals surface area contributed by atoms with E-state index < -0.39 is 5.79 Å². The molecule has 0 N–H and O–H groups in total. The van der Waals surface area contributed by atoms with E-state index in [2.05, 4.69) is 19.9 Å². The van der Waals surface area contributed by atoms with Gasteiger partial charge in [0.25, 0.3) is 0 Å². The van der Waals surface area contributed by atoms with Crippen LogP contribution >= 0.6 is 0 Å². The molecular weight excluding hydrogens is 166 g/mol. The molecule has 1 saturated heterocycles. The highest BCUT2D eigenvalue weighted by Crippen LogP contribution is 2.29. The summed E-state index contributed by atoms with van der Waals surface area (Å²) >= 11 is 0. The molecule has 74 valence electrons. The largest absolute Gasteiger partial charge is 0.347 e. The smallest absolute Gasteiger partial charge is 0.164 e. The first-order chi connectivity index (χ1) is 5.94. The molecule has 1 rings (SSSR count). The van der Waals surface area contributed by atoms with Crippen LogP contribution in [0.3, 0.4) is 0 Å². The lowest BCUT2D eigenvalue weighted by Crippen LogP contribution is -2.45. The van der Waals surface area contributed by atoms with Gasteiger partial charge in [0.15, 0.2) is 5.79 Å². The molecule has 0 radical (unpaired) electrons. The van der Waals surface area contributed by atoms with Crippen molar-refractivity contribution >= 4 is 0 Å². The molecule has 0 amide bonds. The normalized spacial score (nSPS) is 32.9. The Kier molecular flexibility index (Phi) is 2.94. The van der Waals surface area contributed by atoms with Gasteiger partial charge in [-0.2, -0.15) is 5.26 Å². The second-order valence-corrected chi connectivity index (χ2v) is 4.27. The highest BCUT2D eigenvalue weighted by Gasteiger charge is 2.36. The molecular formula is C10H17NO2. The fourth-order valence-corrected chi connectivity index (χ4v) is 1.53. The van der Waals surface area contributed by atoms with E-state index in [9.17, 15) is 0 Å². The molecule has 1 aliphatic heterocycles. The van der Waals surface area contributed by atoms with Crippen LogP contribution in [0.5, 0.6) is 0 Å². The van der Waals surface area contributed by atoms with Crippen LogP contribution in [0.2, 0.25) is 0 Å². The topological polar surface area (TPSA) is 42.2 Å². The van der Waals surface area contributed by atoms with Crippen molar-refractivity contribution in [3.05, 3.63) is 0 Å². The first kappa shape index (κ1) is 10.5. The van der Waals surface area contributed by atoms with E-state index in [4.69, 9.17) is 14.7 Å². The summed E-state index contributed by atoms with van der Waals surface area (Å²) in [7, 11) is 0. The van der Waals surface area contributed by atoms with E-state index in [1.807, 2.05) is 13.8 Å². The Morgan fingerprint density at radius 1 is 1.38 bits per heavy atom. The Balaban J connectivity index is 2.67. The zero-order valence-corrected chi connectivity index (χ0v) is 8.70. The second-order valence-electron chi connectivity index (χ2n) is 4.27. The zero-order valence-electron chi connectivity index (χ0n) is 8.70. The van der Waals surface area contributed by atoms with Gasteiger partial charge in [-0.25, -0.2) is 0 Å². The summed E-state index contributed by atoms with van der Waals surface area (Å²) in [4.78, 5) is 0. The van der Waals surface area contributed by atoms with Crippen molar-refractivity contribution in [1.82, 2.24) is 0 Å². The fourth-order valence-electron chi connectivity index (χ4n) is 1.53. The van der Waals surface area contributed by atoms with Crippen LogP contribution in [0, 0.1) is 17.2 Å². The third-order valence-electron chi connectivity index (χ3n) is 2.20. The highest BCUT2D eigenvalue weighted by atomic mass is 16.7. The van der Waals surface area contributed by atoms with Gasteiger partial charge in [-0.05, 0) is 19.8 Å². The Labute approximate surface area is 79.6 Å². The van der Waals surface area contributed by atoms with E-state index >= 15 is 0 Å². The molecule has 1 unspecified atom stereocenters. The number of ether oxygens (including phenoxy) is 2. The zero-order chi connectivity index (χ0) is 10.1. The van der Waals surface area contributed by atoms with Gasteiger partial charge in [-0.15, -0.1) is 0 Å². The summed E-state index contributed by atoms with van der Waals surface area (Å²) in [5, 5.41) is 8.79. The summed E-state index contributed by atoms with van der Waals surface area (Å²) in [6, 6.07) is 2.14. The lowest BCUT2D eigenvalue weighted by Gasteiger charge is -2.40. The van der Waals surface area contributed by atoms with Crippen molar-refractivity contribution in [2.45, 2.75) is 52.1 Å². The van der Waals surface area contributed by atoms with Gasteiger partial charge in [0.05, 0.1) is 12.2 Å². The molecule has 0 aromatic carbocycles. The van der Waals surface area contributed by atoms with Crippen molar-refractivity contribution in [3.8, 4) is 6.07 Å². The van der Waals surface area contributed by atoms with E-state index in [1.54, 1.807) is 0 Å². The number of nitriles is 1. The maximum Gasteiger partial charge on any atom is 0.164 e. The van der Waals surface area contributed by atoms with Crippen molar-refractivity contribution in [2.75, 3.05) is 0 Å². The minimum absolute atomic E-state index is 0.133. The Hall–Kier alpha value is -0.590. The van der Waals surface area contributed by atoms with Crippen LogP contribution in [0.15, 0.2) is 0 Å². The molecule has 3 nitrogen and oxygen atoms in total. The van der Waals surface area contributed by atoms with Gasteiger partial charge in [-0.1, -0.05) is 13.8 Å². The predicted octanol–water partition coefficient (Wildman–Crippen LogP) is 2.08. The highest BCUT2D eigenvalue weighted by molar-refractivity contribution is 4.91. The van der Waals surface area contributed by atoms with Crippen LogP contribution in [0.1, 0.15) is 34.1 Å². The van der Waals surface area contributed by atoms with Gasteiger partial charge < -0.3 is 9.47 Å². The Morgan fingerprint density at radius 2 is 2.00 bits per heavy atom. The summed E-state index contributed by atoms with van der Waals surface area (Å²) in [5.74, 6) is -0.188. The molecule has 0 aromatic heterocycles. The van der Waals surface area contributed by atoms with Crippen LogP contribution in [0.4, 0.5) is 0 Å². The first-order valence-corrected chi connectivity index (χ1v) is 4.70. The van der Waals surface area contributed by atoms with E-state index in [0.29, 0.717) is 12.3 Å². The van der Waals surface area contributed by atoms with Crippen molar-refractivity contribution in [3.63, 3.8) is 0 Å². The average Bonchev–Trinajstić information content (AvgIpc) is 2.01. The van der Waals surface area contributed by atoms with Gasteiger partial charge in [0, 0.05) is 6.42 Å². The molecule has 0 bridgehead atoms. The number of nitrogens with zero attached hydrogens (tertiary/aromatic N) is 1. The number of hydrogen-bond donors (Lipinski definition) is 0. The van der Waals surface area contributed by atoms with Crippen LogP contribution < -0.4 is 0 Å². The van der Waals surface area contributed by atoms with E-state index in [0.717, 1.165) is 0 Å². The monoisotopic (exact) mass is 183 g/mol. The molecule has 2 atom stereocenters. The van der Waals surface area contributed by atoms with E-state index in [1.165, 1.54) is 0 Å². The van der Waals surface area contributed by atoms with E-state index in [-0.39, 0.29) is 12.2 Å². The predicted molar refractivity (Wildman–Crippen MR) is 48.9 cm³/mol. The fraction of sp³-hybridized carbons (Fsp3) is 0.900. The quantitative estimate of drug-likeness (QED) is 0.625. The summed E-state index contributed by atoms with van der Waals surface area (Å²) in [6.45, 7) is 7.90. The van der Waals surface area contributed by atoms with Crippen molar-refractivity contribution in [2.24, 2.45) is 5.92 Å². The molecule has 3 heteroatoms. The third-order valence-corrected chi connectivity index (χ3v) is 2.20. The SMILES string of the molecule is CC(C)[C@H]1CC(C#N)OC(C)(C)O1.